The van der Waals surface area contributed by atoms with Gasteiger partial charge in [0.1, 0.15) is 18.5 Å². The second-order valence-corrected chi connectivity index (χ2v) is 5.98. The Kier molecular flexibility index (Phi) is 3.93. The molecule has 0 saturated carbocycles. The fourth-order valence-corrected chi connectivity index (χ4v) is 2.36. The first-order valence-electron chi connectivity index (χ1n) is 6.62. The number of ether oxygens (including phenoxy) is 5. The van der Waals surface area contributed by atoms with Crippen LogP contribution in [0.4, 0.5) is 0 Å². The van der Waals surface area contributed by atoms with E-state index in [1.165, 1.54) is 0 Å². The SMILES string of the molecule is COC1OC(C)(C)O[C@H]1C/C(C)=C1/COC(C)(C)O1. The van der Waals surface area contributed by atoms with E-state index < -0.39 is 11.6 Å². The molecule has 110 valence electrons. The Balaban J connectivity index is 2.03. The van der Waals surface area contributed by atoms with Gasteiger partial charge in [-0.2, -0.15) is 0 Å². The van der Waals surface area contributed by atoms with Gasteiger partial charge < -0.3 is 23.7 Å². The Labute approximate surface area is 114 Å². The molecule has 5 nitrogen and oxygen atoms in total. The Morgan fingerprint density at radius 1 is 1.21 bits per heavy atom. The van der Waals surface area contributed by atoms with E-state index in [4.69, 9.17) is 23.7 Å². The summed E-state index contributed by atoms with van der Waals surface area (Å²) >= 11 is 0. The molecule has 1 unspecified atom stereocenters. The number of methoxy groups -OCH3 is 1. The summed E-state index contributed by atoms with van der Waals surface area (Å²) in [7, 11) is 1.63. The first kappa shape index (κ1) is 14.8. The van der Waals surface area contributed by atoms with Crippen molar-refractivity contribution in [3.8, 4) is 0 Å². The van der Waals surface area contributed by atoms with E-state index in [-0.39, 0.29) is 12.4 Å². The highest BCUT2D eigenvalue weighted by Crippen LogP contribution is 2.34. The second kappa shape index (κ2) is 5.05. The Hall–Kier alpha value is -0.620. The number of hydrogen-bond donors (Lipinski definition) is 0. The summed E-state index contributed by atoms with van der Waals surface area (Å²) in [6, 6.07) is 0. The molecule has 0 amide bonds. The van der Waals surface area contributed by atoms with Crippen molar-refractivity contribution in [3.05, 3.63) is 11.3 Å². The van der Waals surface area contributed by atoms with Gasteiger partial charge in [0.15, 0.2) is 12.1 Å². The average Bonchev–Trinajstić information content (AvgIpc) is 2.78. The monoisotopic (exact) mass is 272 g/mol. The van der Waals surface area contributed by atoms with Crippen LogP contribution < -0.4 is 0 Å². The van der Waals surface area contributed by atoms with Crippen LogP contribution in [0, 0.1) is 0 Å². The van der Waals surface area contributed by atoms with Gasteiger partial charge in [0, 0.05) is 27.4 Å². The molecule has 2 rings (SSSR count). The predicted molar refractivity (Wildman–Crippen MR) is 69.3 cm³/mol. The van der Waals surface area contributed by atoms with E-state index in [1.54, 1.807) is 7.11 Å². The van der Waals surface area contributed by atoms with Crippen molar-refractivity contribution >= 4 is 0 Å². The molecule has 2 aliphatic heterocycles. The molecule has 2 atom stereocenters. The summed E-state index contributed by atoms with van der Waals surface area (Å²) in [5.74, 6) is -0.264. The van der Waals surface area contributed by atoms with Crippen LogP contribution >= 0.6 is 0 Å². The van der Waals surface area contributed by atoms with Crippen molar-refractivity contribution in [1.82, 2.24) is 0 Å². The lowest BCUT2D eigenvalue weighted by Gasteiger charge is -2.18. The van der Waals surface area contributed by atoms with Crippen molar-refractivity contribution in [2.75, 3.05) is 13.7 Å². The summed E-state index contributed by atoms with van der Waals surface area (Å²) in [6.45, 7) is 10.1. The largest absolute Gasteiger partial charge is 0.465 e. The van der Waals surface area contributed by atoms with Crippen LogP contribution in [0.3, 0.4) is 0 Å². The standard InChI is InChI=1S/C14H24O5/c1-9(11-8-16-13(2,3)18-11)7-10-12(15-6)19-14(4,5)17-10/h10,12H,7-8H2,1-6H3/b11-9-/t10-,12?/m0/s1. The highest BCUT2D eigenvalue weighted by molar-refractivity contribution is 5.11. The minimum absolute atomic E-state index is 0.125. The van der Waals surface area contributed by atoms with E-state index in [1.807, 2.05) is 34.6 Å². The fourth-order valence-electron chi connectivity index (χ4n) is 2.36. The third-order valence-electron chi connectivity index (χ3n) is 3.27. The minimum atomic E-state index is -0.609. The van der Waals surface area contributed by atoms with Gasteiger partial charge in [0.05, 0.1) is 0 Å². The van der Waals surface area contributed by atoms with Crippen molar-refractivity contribution < 1.29 is 23.7 Å². The molecule has 0 aromatic heterocycles. The van der Waals surface area contributed by atoms with Crippen LogP contribution in [0.1, 0.15) is 41.0 Å². The Morgan fingerprint density at radius 3 is 2.42 bits per heavy atom. The molecule has 0 bridgehead atoms. The van der Waals surface area contributed by atoms with Crippen LogP contribution in [0.15, 0.2) is 11.3 Å². The van der Waals surface area contributed by atoms with Gasteiger partial charge in [0.2, 0.25) is 5.79 Å². The van der Waals surface area contributed by atoms with Crippen LogP contribution in [0.2, 0.25) is 0 Å². The zero-order valence-corrected chi connectivity index (χ0v) is 12.6. The normalized spacial score (nSPS) is 35.3. The molecule has 0 aliphatic carbocycles. The van der Waals surface area contributed by atoms with E-state index in [2.05, 4.69) is 0 Å². The smallest absolute Gasteiger partial charge is 0.204 e. The lowest BCUT2D eigenvalue weighted by molar-refractivity contribution is -0.182. The van der Waals surface area contributed by atoms with Gasteiger partial charge >= 0.3 is 0 Å². The summed E-state index contributed by atoms with van der Waals surface area (Å²) in [4.78, 5) is 0. The van der Waals surface area contributed by atoms with Crippen LogP contribution in [0.25, 0.3) is 0 Å². The highest BCUT2D eigenvalue weighted by Gasteiger charge is 2.42. The van der Waals surface area contributed by atoms with E-state index >= 15 is 0 Å². The predicted octanol–water partition coefficient (Wildman–Crippen LogP) is 2.56. The van der Waals surface area contributed by atoms with Crippen molar-refractivity contribution in [3.63, 3.8) is 0 Å². The number of rotatable bonds is 3. The van der Waals surface area contributed by atoms with E-state index in [9.17, 15) is 0 Å². The number of hydrogen-bond acceptors (Lipinski definition) is 5. The fraction of sp³-hybridized carbons (Fsp3) is 0.857. The summed E-state index contributed by atoms with van der Waals surface area (Å²) in [6.07, 6.45) is 0.233. The highest BCUT2D eigenvalue weighted by atomic mass is 16.8. The molecule has 0 spiro atoms. The molecule has 19 heavy (non-hydrogen) atoms. The van der Waals surface area contributed by atoms with Gasteiger partial charge in [-0.1, -0.05) is 0 Å². The lowest BCUT2D eigenvalue weighted by atomic mass is 10.1. The average molecular weight is 272 g/mol. The topological polar surface area (TPSA) is 46.2 Å². The van der Waals surface area contributed by atoms with E-state index in [0.29, 0.717) is 13.0 Å². The molecular weight excluding hydrogens is 248 g/mol. The van der Waals surface area contributed by atoms with Crippen LogP contribution in [-0.4, -0.2) is 37.7 Å². The van der Waals surface area contributed by atoms with Crippen molar-refractivity contribution in [1.29, 1.82) is 0 Å². The van der Waals surface area contributed by atoms with Gasteiger partial charge in [-0.3, -0.25) is 0 Å². The summed E-state index contributed by atoms with van der Waals surface area (Å²) in [5.41, 5.74) is 1.11. The molecule has 0 radical (unpaired) electrons. The third kappa shape index (κ3) is 3.48. The first-order chi connectivity index (χ1) is 8.72. The Morgan fingerprint density at radius 2 is 1.89 bits per heavy atom. The molecule has 2 heterocycles. The van der Waals surface area contributed by atoms with Crippen LogP contribution in [-0.2, 0) is 23.7 Å². The van der Waals surface area contributed by atoms with Gasteiger partial charge in [-0.05, 0) is 26.3 Å². The first-order valence-corrected chi connectivity index (χ1v) is 6.62. The molecule has 0 aromatic carbocycles. The zero-order valence-electron chi connectivity index (χ0n) is 12.6. The van der Waals surface area contributed by atoms with Gasteiger partial charge in [-0.15, -0.1) is 0 Å². The molecule has 2 saturated heterocycles. The Bertz CT molecular complexity index is 372. The third-order valence-corrected chi connectivity index (χ3v) is 3.27. The molecule has 0 aromatic rings. The molecule has 5 heteroatoms. The molecule has 2 fully saturated rings. The van der Waals surface area contributed by atoms with Crippen molar-refractivity contribution in [2.45, 2.75) is 65.0 Å². The molecule has 0 N–H and O–H groups in total. The van der Waals surface area contributed by atoms with E-state index in [0.717, 1.165) is 11.3 Å². The maximum absolute atomic E-state index is 5.86. The lowest BCUT2D eigenvalue weighted by Crippen LogP contribution is -2.25. The maximum atomic E-state index is 5.86. The minimum Gasteiger partial charge on any atom is -0.465 e. The van der Waals surface area contributed by atoms with Crippen molar-refractivity contribution in [2.24, 2.45) is 0 Å². The quantitative estimate of drug-likeness (QED) is 0.790. The second-order valence-electron chi connectivity index (χ2n) is 5.98. The van der Waals surface area contributed by atoms with Crippen LogP contribution in [0.5, 0.6) is 0 Å². The summed E-state index contributed by atoms with van der Waals surface area (Å²) in [5, 5.41) is 0. The zero-order chi connectivity index (χ0) is 14.3. The molecular formula is C14H24O5. The summed E-state index contributed by atoms with van der Waals surface area (Å²) < 4.78 is 28.2. The maximum Gasteiger partial charge on any atom is 0.204 e. The molecule has 2 aliphatic rings. The van der Waals surface area contributed by atoms with Gasteiger partial charge in [0.25, 0.3) is 0 Å². The van der Waals surface area contributed by atoms with Gasteiger partial charge in [-0.25, -0.2) is 0 Å².